The van der Waals surface area contributed by atoms with Crippen LogP contribution in [0.5, 0.6) is 0 Å². The summed E-state index contributed by atoms with van der Waals surface area (Å²) in [6.07, 6.45) is 5.48. The zero-order chi connectivity index (χ0) is 15.4. The van der Waals surface area contributed by atoms with Crippen LogP contribution in [-0.2, 0) is 0 Å². The molecule has 0 saturated carbocycles. The molecule has 2 aromatic carbocycles. The standard InChI is InChI=1S/C12H8N2.C8H10/c1-2-10-4-3-9-5-7-13-8-11(9)12(10)14-6-1;1-7-3-5-8(2)6-4-7/h1-8H;3-6H,1-2H3. The Morgan fingerprint density at radius 2 is 1.36 bits per heavy atom. The fourth-order valence-corrected chi connectivity index (χ4v) is 2.34. The molecular weight excluding hydrogens is 268 g/mol. The van der Waals surface area contributed by atoms with E-state index in [-0.39, 0.29) is 0 Å². The third-order valence-electron chi connectivity index (χ3n) is 3.61. The quantitative estimate of drug-likeness (QED) is 0.421. The van der Waals surface area contributed by atoms with Crippen LogP contribution < -0.4 is 0 Å². The van der Waals surface area contributed by atoms with Gasteiger partial charge in [-0.1, -0.05) is 53.6 Å². The van der Waals surface area contributed by atoms with Crippen molar-refractivity contribution >= 4 is 21.7 Å². The van der Waals surface area contributed by atoms with Gasteiger partial charge in [0, 0.05) is 29.4 Å². The summed E-state index contributed by atoms with van der Waals surface area (Å²) in [5, 5.41) is 3.46. The third-order valence-corrected chi connectivity index (χ3v) is 3.61. The molecule has 0 spiro atoms. The van der Waals surface area contributed by atoms with Crippen LogP contribution in [0.25, 0.3) is 21.7 Å². The highest BCUT2D eigenvalue weighted by Gasteiger charge is 1.99. The van der Waals surface area contributed by atoms with Crippen LogP contribution in [0.4, 0.5) is 0 Å². The fraction of sp³-hybridized carbons (Fsp3) is 0.100. The lowest BCUT2D eigenvalue weighted by Gasteiger charge is -2.00. The summed E-state index contributed by atoms with van der Waals surface area (Å²) < 4.78 is 0. The minimum Gasteiger partial charge on any atom is -0.264 e. The maximum atomic E-state index is 4.37. The monoisotopic (exact) mass is 286 g/mol. The fourth-order valence-electron chi connectivity index (χ4n) is 2.34. The molecule has 0 N–H and O–H groups in total. The maximum Gasteiger partial charge on any atom is 0.0795 e. The summed E-state index contributed by atoms with van der Waals surface area (Å²) in [7, 11) is 0. The molecule has 2 heterocycles. The molecule has 22 heavy (non-hydrogen) atoms. The summed E-state index contributed by atoms with van der Waals surface area (Å²) in [5.41, 5.74) is 3.68. The van der Waals surface area contributed by atoms with Crippen molar-refractivity contribution in [2.45, 2.75) is 13.8 Å². The molecule has 4 rings (SSSR count). The second kappa shape index (κ2) is 6.35. The van der Waals surface area contributed by atoms with Crippen LogP contribution >= 0.6 is 0 Å². The third kappa shape index (κ3) is 3.12. The lowest BCUT2D eigenvalue weighted by Crippen LogP contribution is -1.81. The van der Waals surface area contributed by atoms with E-state index in [1.54, 1.807) is 6.20 Å². The predicted molar refractivity (Wildman–Crippen MR) is 93.0 cm³/mol. The second-order valence-corrected chi connectivity index (χ2v) is 5.39. The molecule has 108 valence electrons. The molecule has 0 bridgehead atoms. The van der Waals surface area contributed by atoms with Crippen molar-refractivity contribution in [2.24, 2.45) is 0 Å². The molecular formula is C20H18N2. The van der Waals surface area contributed by atoms with E-state index >= 15 is 0 Å². The van der Waals surface area contributed by atoms with Gasteiger partial charge in [0.05, 0.1) is 5.52 Å². The van der Waals surface area contributed by atoms with Crippen molar-refractivity contribution in [1.29, 1.82) is 0 Å². The van der Waals surface area contributed by atoms with Gasteiger partial charge in [-0.25, -0.2) is 0 Å². The molecule has 0 aliphatic carbocycles. The summed E-state index contributed by atoms with van der Waals surface area (Å²) in [4.78, 5) is 8.49. The van der Waals surface area contributed by atoms with E-state index in [0.29, 0.717) is 0 Å². The Morgan fingerprint density at radius 1 is 0.682 bits per heavy atom. The number of fused-ring (bicyclic) bond motifs is 3. The Labute approximate surface area is 130 Å². The molecule has 2 heteroatoms. The van der Waals surface area contributed by atoms with Gasteiger partial charge in [0.1, 0.15) is 0 Å². The van der Waals surface area contributed by atoms with Gasteiger partial charge in [-0.05, 0) is 31.4 Å². The van der Waals surface area contributed by atoms with Crippen molar-refractivity contribution in [2.75, 3.05) is 0 Å². The number of pyridine rings is 2. The Balaban J connectivity index is 0.000000154. The van der Waals surface area contributed by atoms with E-state index in [1.807, 2.05) is 24.5 Å². The van der Waals surface area contributed by atoms with Crippen molar-refractivity contribution in [3.8, 4) is 0 Å². The largest absolute Gasteiger partial charge is 0.264 e. The van der Waals surface area contributed by atoms with Crippen LogP contribution in [0.2, 0.25) is 0 Å². The molecule has 0 unspecified atom stereocenters. The van der Waals surface area contributed by atoms with Gasteiger partial charge < -0.3 is 0 Å². The molecule has 0 radical (unpaired) electrons. The Bertz CT molecular complexity index is 820. The van der Waals surface area contributed by atoms with Gasteiger partial charge in [-0.2, -0.15) is 0 Å². The number of benzene rings is 2. The van der Waals surface area contributed by atoms with E-state index in [9.17, 15) is 0 Å². The average molecular weight is 286 g/mol. The number of aromatic nitrogens is 2. The first-order valence-corrected chi connectivity index (χ1v) is 7.35. The summed E-state index contributed by atoms with van der Waals surface area (Å²) in [6, 6.07) is 18.7. The number of aryl methyl sites for hydroxylation is 2. The summed E-state index contributed by atoms with van der Waals surface area (Å²) in [5.74, 6) is 0. The van der Waals surface area contributed by atoms with Gasteiger partial charge in [0.2, 0.25) is 0 Å². The van der Waals surface area contributed by atoms with Gasteiger partial charge in [0.25, 0.3) is 0 Å². The number of hydrogen-bond acceptors (Lipinski definition) is 2. The zero-order valence-electron chi connectivity index (χ0n) is 12.8. The van der Waals surface area contributed by atoms with E-state index in [4.69, 9.17) is 0 Å². The zero-order valence-corrected chi connectivity index (χ0v) is 12.8. The first kappa shape index (κ1) is 14.2. The normalized spacial score (nSPS) is 10.3. The SMILES string of the molecule is Cc1ccc(C)cc1.c1cnc2c(c1)ccc1ccncc12. The lowest BCUT2D eigenvalue weighted by atomic mass is 10.1. The maximum absolute atomic E-state index is 4.37. The van der Waals surface area contributed by atoms with Crippen molar-refractivity contribution in [3.05, 3.63) is 84.3 Å². The highest BCUT2D eigenvalue weighted by Crippen LogP contribution is 2.21. The molecule has 0 atom stereocenters. The Morgan fingerprint density at radius 3 is 2.09 bits per heavy atom. The smallest absolute Gasteiger partial charge is 0.0795 e. The Hall–Kier alpha value is -2.74. The summed E-state index contributed by atoms with van der Waals surface area (Å²) >= 11 is 0. The topological polar surface area (TPSA) is 25.8 Å². The van der Waals surface area contributed by atoms with Crippen LogP contribution in [0.15, 0.2) is 73.2 Å². The van der Waals surface area contributed by atoms with Gasteiger partial charge in [-0.15, -0.1) is 0 Å². The molecule has 2 nitrogen and oxygen atoms in total. The Kier molecular flexibility index (Phi) is 4.10. The van der Waals surface area contributed by atoms with Crippen LogP contribution in [0, 0.1) is 13.8 Å². The van der Waals surface area contributed by atoms with Crippen molar-refractivity contribution in [3.63, 3.8) is 0 Å². The summed E-state index contributed by atoms with van der Waals surface area (Å²) in [6.45, 7) is 4.19. The predicted octanol–water partition coefficient (Wildman–Crippen LogP) is 5.09. The van der Waals surface area contributed by atoms with Gasteiger partial charge in [-0.3, -0.25) is 9.97 Å². The van der Waals surface area contributed by atoms with E-state index in [0.717, 1.165) is 16.3 Å². The molecule has 0 aliphatic rings. The molecule has 0 fully saturated rings. The highest BCUT2D eigenvalue weighted by molar-refractivity contribution is 6.04. The van der Waals surface area contributed by atoms with Gasteiger partial charge in [0.15, 0.2) is 0 Å². The van der Waals surface area contributed by atoms with Crippen LogP contribution in [0.1, 0.15) is 11.1 Å². The number of hydrogen-bond donors (Lipinski definition) is 0. The minimum absolute atomic E-state index is 1.03. The molecule has 4 aromatic rings. The van der Waals surface area contributed by atoms with Crippen molar-refractivity contribution < 1.29 is 0 Å². The number of rotatable bonds is 0. The second-order valence-electron chi connectivity index (χ2n) is 5.39. The van der Waals surface area contributed by atoms with Crippen LogP contribution in [-0.4, -0.2) is 9.97 Å². The van der Waals surface area contributed by atoms with E-state index < -0.39 is 0 Å². The lowest BCUT2D eigenvalue weighted by molar-refractivity contribution is 1.36. The molecule has 0 amide bonds. The first-order chi connectivity index (χ1) is 10.7. The number of nitrogens with zero attached hydrogens (tertiary/aromatic N) is 2. The van der Waals surface area contributed by atoms with Crippen molar-refractivity contribution in [1.82, 2.24) is 9.97 Å². The average Bonchev–Trinajstić information content (AvgIpc) is 2.58. The highest BCUT2D eigenvalue weighted by atomic mass is 14.7. The van der Waals surface area contributed by atoms with Gasteiger partial charge >= 0.3 is 0 Å². The molecule has 0 saturated heterocycles. The van der Waals surface area contributed by atoms with E-state index in [1.165, 1.54) is 16.5 Å². The van der Waals surface area contributed by atoms with Crippen LogP contribution in [0.3, 0.4) is 0 Å². The first-order valence-electron chi connectivity index (χ1n) is 7.35. The van der Waals surface area contributed by atoms with E-state index in [2.05, 4.69) is 66.3 Å². The molecule has 2 aromatic heterocycles. The minimum atomic E-state index is 1.03. The molecule has 0 aliphatic heterocycles.